The van der Waals surface area contributed by atoms with Crippen molar-refractivity contribution in [2.75, 3.05) is 0 Å². The minimum absolute atomic E-state index is 0.770. The quantitative estimate of drug-likeness (QED) is 0.518. The van der Waals surface area contributed by atoms with Crippen LogP contribution < -0.4 is 5.32 Å². The van der Waals surface area contributed by atoms with E-state index < -0.39 is 0 Å². The van der Waals surface area contributed by atoms with Gasteiger partial charge in [-0.1, -0.05) is 12.2 Å². The second-order valence-electron chi connectivity index (χ2n) is 1.25. The number of nitrogens with one attached hydrogen (secondary N) is 1. The molecule has 0 radical (unpaired) electrons. The molecule has 0 fully saturated rings. The van der Waals surface area contributed by atoms with Crippen molar-refractivity contribution < 1.29 is 0 Å². The number of thiocarbonyl (C=S) groups is 1. The number of hydrogen-bond donors (Lipinski definition) is 1. The molecule has 3 heteroatoms. The maximum atomic E-state index is 4.83. The van der Waals surface area contributed by atoms with E-state index in [4.69, 9.17) is 12.2 Å². The Bertz CT molecular complexity index is 149. The molecule has 1 nitrogen and oxygen atoms in total. The Morgan fingerprint density at radius 1 is 1.50 bits per heavy atom. The first-order valence-corrected chi connectivity index (χ1v) is 3.52. The van der Waals surface area contributed by atoms with Crippen LogP contribution in [0.1, 0.15) is 0 Å². The average molecular weight is 143 g/mol. The van der Waals surface area contributed by atoms with E-state index in [1.165, 1.54) is 0 Å². The first-order chi connectivity index (χ1) is 3.89. The van der Waals surface area contributed by atoms with Crippen molar-refractivity contribution in [2.45, 2.75) is 0 Å². The summed E-state index contributed by atoms with van der Waals surface area (Å²) in [6.45, 7) is 0. The van der Waals surface area contributed by atoms with Crippen LogP contribution in [-0.2, 0) is 0 Å². The number of rotatable bonds is 0. The molecular formula is C5H5NS2. The molecule has 1 rings (SSSR count). The SMILES string of the molecule is S=C1C=CSC=CN1. The standard InChI is InChI=1S/C5H5NS2/c7-5-1-3-8-4-2-6-5/h1-4H,(H,6,7). The Hall–Kier alpha value is -0.280. The molecule has 0 unspecified atom stereocenters. The number of hydrogen-bond acceptors (Lipinski definition) is 2. The van der Waals surface area contributed by atoms with Gasteiger partial charge in [-0.15, -0.1) is 11.8 Å². The normalized spacial score (nSPS) is 17.8. The molecule has 0 bridgehead atoms. The van der Waals surface area contributed by atoms with Crippen LogP contribution in [0.2, 0.25) is 0 Å². The van der Waals surface area contributed by atoms with Gasteiger partial charge in [0.15, 0.2) is 0 Å². The van der Waals surface area contributed by atoms with Gasteiger partial charge in [-0.05, 0) is 16.9 Å². The minimum atomic E-state index is 0.770. The molecular weight excluding hydrogens is 138 g/mol. The molecule has 1 heterocycles. The second kappa shape index (κ2) is 2.89. The van der Waals surface area contributed by atoms with E-state index in [9.17, 15) is 0 Å². The molecule has 0 aromatic rings. The fourth-order valence-electron chi connectivity index (χ4n) is 0.350. The molecule has 0 saturated carbocycles. The van der Waals surface area contributed by atoms with Crippen LogP contribution in [0, 0.1) is 0 Å². The molecule has 0 aliphatic carbocycles. The van der Waals surface area contributed by atoms with Crippen LogP contribution in [0.25, 0.3) is 0 Å². The summed E-state index contributed by atoms with van der Waals surface area (Å²) in [7, 11) is 0. The second-order valence-corrected chi connectivity index (χ2v) is 2.51. The van der Waals surface area contributed by atoms with Crippen molar-refractivity contribution >= 4 is 29.0 Å². The molecule has 0 spiro atoms. The van der Waals surface area contributed by atoms with E-state index in [2.05, 4.69) is 5.32 Å². The summed E-state index contributed by atoms with van der Waals surface area (Å²) < 4.78 is 0. The highest BCUT2D eigenvalue weighted by Gasteiger charge is 1.86. The lowest BCUT2D eigenvalue weighted by atomic mass is 10.6. The van der Waals surface area contributed by atoms with E-state index in [0.29, 0.717) is 0 Å². The molecule has 0 aromatic heterocycles. The van der Waals surface area contributed by atoms with Crippen molar-refractivity contribution in [3.05, 3.63) is 23.1 Å². The van der Waals surface area contributed by atoms with Crippen molar-refractivity contribution in [3.63, 3.8) is 0 Å². The predicted molar refractivity (Wildman–Crippen MR) is 41.6 cm³/mol. The van der Waals surface area contributed by atoms with Crippen LogP contribution in [-0.4, -0.2) is 4.99 Å². The Morgan fingerprint density at radius 3 is 3.25 bits per heavy atom. The van der Waals surface area contributed by atoms with Gasteiger partial charge < -0.3 is 5.32 Å². The van der Waals surface area contributed by atoms with E-state index >= 15 is 0 Å². The zero-order chi connectivity index (χ0) is 5.82. The van der Waals surface area contributed by atoms with Crippen molar-refractivity contribution in [1.29, 1.82) is 0 Å². The summed E-state index contributed by atoms with van der Waals surface area (Å²) in [4.78, 5) is 0.770. The van der Waals surface area contributed by atoms with E-state index in [1.54, 1.807) is 11.8 Å². The molecule has 0 saturated heterocycles. The molecule has 42 valence electrons. The van der Waals surface area contributed by atoms with Gasteiger partial charge in [0, 0.05) is 6.20 Å². The monoisotopic (exact) mass is 143 g/mol. The molecule has 0 aromatic carbocycles. The highest BCUT2D eigenvalue weighted by atomic mass is 32.2. The highest BCUT2D eigenvalue weighted by Crippen LogP contribution is 2.04. The van der Waals surface area contributed by atoms with Crippen LogP contribution in [0.15, 0.2) is 23.1 Å². The van der Waals surface area contributed by atoms with Gasteiger partial charge >= 0.3 is 0 Å². The smallest absolute Gasteiger partial charge is 0.103 e. The van der Waals surface area contributed by atoms with Crippen LogP contribution >= 0.6 is 24.0 Å². The fourth-order valence-corrected chi connectivity index (χ4v) is 1.02. The maximum Gasteiger partial charge on any atom is 0.103 e. The summed E-state index contributed by atoms with van der Waals surface area (Å²) >= 11 is 6.44. The number of thioether (sulfide) groups is 1. The van der Waals surface area contributed by atoms with Gasteiger partial charge in [0.25, 0.3) is 0 Å². The first kappa shape index (κ1) is 5.85. The maximum absolute atomic E-state index is 4.83. The van der Waals surface area contributed by atoms with Crippen molar-refractivity contribution in [3.8, 4) is 0 Å². The Labute approximate surface area is 57.8 Å². The van der Waals surface area contributed by atoms with Gasteiger partial charge in [-0.2, -0.15) is 0 Å². The van der Waals surface area contributed by atoms with Gasteiger partial charge in [-0.25, -0.2) is 0 Å². The largest absolute Gasteiger partial charge is 0.352 e. The highest BCUT2D eigenvalue weighted by molar-refractivity contribution is 8.05. The molecule has 1 aliphatic heterocycles. The molecule has 0 atom stereocenters. The van der Waals surface area contributed by atoms with Crippen LogP contribution in [0.3, 0.4) is 0 Å². The molecule has 1 N–H and O–H groups in total. The Morgan fingerprint density at radius 2 is 2.38 bits per heavy atom. The summed E-state index contributed by atoms with van der Waals surface area (Å²) in [6, 6.07) is 0. The summed E-state index contributed by atoms with van der Waals surface area (Å²) in [6.07, 6.45) is 3.69. The van der Waals surface area contributed by atoms with Gasteiger partial charge in [0.1, 0.15) is 4.99 Å². The van der Waals surface area contributed by atoms with Crippen molar-refractivity contribution in [2.24, 2.45) is 0 Å². The lowest BCUT2D eigenvalue weighted by Crippen LogP contribution is -2.09. The Kier molecular flexibility index (Phi) is 2.11. The molecule has 8 heavy (non-hydrogen) atoms. The average Bonchev–Trinajstić information content (AvgIpc) is 1.94. The summed E-state index contributed by atoms with van der Waals surface area (Å²) in [5, 5.41) is 6.77. The predicted octanol–water partition coefficient (Wildman–Crippen LogP) is 1.64. The third-order valence-electron chi connectivity index (χ3n) is 0.670. The van der Waals surface area contributed by atoms with Gasteiger partial charge in [0.2, 0.25) is 0 Å². The fraction of sp³-hybridized carbons (Fsp3) is 0. The van der Waals surface area contributed by atoms with Gasteiger partial charge in [-0.3, -0.25) is 0 Å². The van der Waals surface area contributed by atoms with Crippen LogP contribution in [0.4, 0.5) is 0 Å². The third-order valence-corrected chi connectivity index (χ3v) is 1.51. The lowest BCUT2D eigenvalue weighted by molar-refractivity contribution is 1.33. The van der Waals surface area contributed by atoms with Crippen molar-refractivity contribution in [1.82, 2.24) is 5.32 Å². The lowest BCUT2D eigenvalue weighted by Gasteiger charge is -1.88. The minimum Gasteiger partial charge on any atom is -0.352 e. The van der Waals surface area contributed by atoms with E-state index in [1.807, 2.05) is 23.1 Å². The van der Waals surface area contributed by atoms with E-state index in [-0.39, 0.29) is 0 Å². The summed E-state index contributed by atoms with van der Waals surface area (Å²) in [5.74, 6) is 0. The van der Waals surface area contributed by atoms with E-state index in [0.717, 1.165) is 4.99 Å². The molecule has 0 amide bonds. The van der Waals surface area contributed by atoms with Crippen LogP contribution in [0.5, 0.6) is 0 Å². The zero-order valence-corrected chi connectivity index (χ0v) is 5.76. The summed E-state index contributed by atoms with van der Waals surface area (Å²) in [5.41, 5.74) is 0. The first-order valence-electron chi connectivity index (χ1n) is 2.17. The third kappa shape index (κ3) is 1.68. The van der Waals surface area contributed by atoms with Gasteiger partial charge in [0.05, 0.1) is 0 Å². The zero-order valence-electron chi connectivity index (χ0n) is 4.13. The molecule has 1 aliphatic rings. The Balaban J connectivity index is 2.61. The topological polar surface area (TPSA) is 12.0 Å².